The predicted octanol–water partition coefficient (Wildman–Crippen LogP) is 1.11. The third kappa shape index (κ3) is 3.12. The van der Waals surface area contributed by atoms with Gasteiger partial charge in [-0.2, -0.15) is 5.10 Å². The molecule has 4 rings (SSSR count). The number of piperidine rings is 1. The molecule has 136 valence electrons. The van der Waals surface area contributed by atoms with Crippen molar-refractivity contribution >= 4 is 5.91 Å². The van der Waals surface area contributed by atoms with Gasteiger partial charge in [-0.05, 0) is 25.8 Å². The monoisotopic (exact) mass is 354 g/mol. The van der Waals surface area contributed by atoms with Gasteiger partial charge in [0.1, 0.15) is 11.5 Å². The van der Waals surface area contributed by atoms with E-state index in [0.29, 0.717) is 18.8 Å². The Hall–Kier alpha value is -2.97. The lowest BCUT2D eigenvalue weighted by Crippen LogP contribution is -2.40. The van der Waals surface area contributed by atoms with E-state index in [4.69, 9.17) is 0 Å². The van der Waals surface area contributed by atoms with Crippen LogP contribution in [-0.4, -0.2) is 58.4 Å². The molecule has 1 aliphatic rings. The van der Waals surface area contributed by atoms with Crippen LogP contribution in [0.2, 0.25) is 0 Å². The van der Waals surface area contributed by atoms with Gasteiger partial charge in [0, 0.05) is 44.1 Å². The molecule has 0 spiro atoms. The summed E-state index contributed by atoms with van der Waals surface area (Å²) < 4.78 is 4.00. The van der Waals surface area contributed by atoms with Gasteiger partial charge in [0.2, 0.25) is 0 Å². The van der Waals surface area contributed by atoms with Crippen molar-refractivity contribution < 1.29 is 4.79 Å². The Morgan fingerprint density at radius 2 is 2.27 bits per heavy atom. The largest absolute Gasteiger partial charge is 0.337 e. The predicted molar refractivity (Wildman–Crippen MR) is 93.5 cm³/mol. The number of aromatic amines is 1. The normalized spacial score (nSPS) is 17.6. The lowest BCUT2D eigenvalue weighted by Gasteiger charge is -2.31. The number of carbonyl (C=O) groups excluding carboxylic acids is 1. The highest BCUT2D eigenvalue weighted by Crippen LogP contribution is 2.26. The maximum Gasteiger partial charge on any atom is 0.274 e. The molecule has 26 heavy (non-hydrogen) atoms. The molecular weight excluding hydrogens is 332 g/mol. The van der Waals surface area contributed by atoms with Crippen LogP contribution in [-0.2, 0) is 13.6 Å². The molecule has 0 radical (unpaired) electrons. The Labute approximate surface area is 151 Å². The maximum absolute atomic E-state index is 12.7. The van der Waals surface area contributed by atoms with Crippen LogP contribution in [0.4, 0.5) is 0 Å². The number of carbonyl (C=O) groups is 1. The first kappa shape index (κ1) is 16.5. The summed E-state index contributed by atoms with van der Waals surface area (Å²) in [7, 11) is 1.99. The third-order valence-electron chi connectivity index (χ3n) is 4.88. The average molecular weight is 354 g/mol. The Morgan fingerprint density at radius 1 is 1.38 bits per heavy atom. The summed E-state index contributed by atoms with van der Waals surface area (Å²) in [4.78, 5) is 18.6. The zero-order chi connectivity index (χ0) is 18.1. The summed E-state index contributed by atoms with van der Waals surface area (Å²) in [5.74, 6) is 1.96. The minimum Gasteiger partial charge on any atom is -0.337 e. The van der Waals surface area contributed by atoms with Crippen LogP contribution in [0.15, 0.2) is 24.8 Å². The van der Waals surface area contributed by atoms with Gasteiger partial charge in [-0.3, -0.25) is 9.89 Å². The van der Waals surface area contributed by atoms with Crippen molar-refractivity contribution in [3.63, 3.8) is 0 Å². The number of aromatic nitrogens is 7. The quantitative estimate of drug-likeness (QED) is 0.757. The summed E-state index contributed by atoms with van der Waals surface area (Å²) in [5.41, 5.74) is 1.36. The second-order valence-electron chi connectivity index (χ2n) is 6.79. The molecule has 0 aliphatic carbocycles. The van der Waals surface area contributed by atoms with Crippen LogP contribution in [0.5, 0.6) is 0 Å². The van der Waals surface area contributed by atoms with Crippen molar-refractivity contribution in [3.8, 4) is 0 Å². The van der Waals surface area contributed by atoms with Crippen LogP contribution in [0.3, 0.4) is 0 Å². The lowest BCUT2D eigenvalue weighted by atomic mass is 9.97. The van der Waals surface area contributed by atoms with Gasteiger partial charge in [-0.1, -0.05) is 0 Å². The van der Waals surface area contributed by atoms with Crippen molar-refractivity contribution in [2.45, 2.75) is 32.2 Å². The highest BCUT2D eigenvalue weighted by atomic mass is 16.2. The lowest BCUT2D eigenvalue weighted by molar-refractivity contribution is 0.0697. The maximum atomic E-state index is 12.7. The molecule has 1 amide bonds. The first-order valence-electron chi connectivity index (χ1n) is 8.77. The van der Waals surface area contributed by atoms with Crippen molar-refractivity contribution in [1.82, 2.24) is 39.4 Å². The van der Waals surface area contributed by atoms with Crippen molar-refractivity contribution in [2.24, 2.45) is 7.05 Å². The van der Waals surface area contributed by atoms with Crippen LogP contribution >= 0.6 is 0 Å². The Bertz CT molecular complexity index is 894. The molecule has 1 aliphatic heterocycles. The number of H-pyrrole nitrogens is 1. The van der Waals surface area contributed by atoms with E-state index in [1.54, 1.807) is 18.6 Å². The molecule has 0 bridgehead atoms. The highest BCUT2D eigenvalue weighted by Gasteiger charge is 2.29. The molecular formula is C17H22N8O. The summed E-state index contributed by atoms with van der Waals surface area (Å²) in [6, 6.07) is 1.79. The Balaban J connectivity index is 1.49. The number of hydrogen-bond donors (Lipinski definition) is 1. The zero-order valence-electron chi connectivity index (χ0n) is 15.0. The minimum atomic E-state index is -0.0279. The van der Waals surface area contributed by atoms with Crippen molar-refractivity contribution in [2.75, 3.05) is 13.1 Å². The third-order valence-corrected chi connectivity index (χ3v) is 4.88. The molecule has 1 atom stereocenters. The molecule has 9 heteroatoms. The van der Waals surface area contributed by atoms with E-state index >= 15 is 0 Å². The van der Waals surface area contributed by atoms with Crippen molar-refractivity contribution in [1.29, 1.82) is 0 Å². The van der Waals surface area contributed by atoms with E-state index in [1.165, 1.54) is 0 Å². The Morgan fingerprint density at radius 3 is 3.00 bits per heavy atom. The van der Waals surface area contributed by atoms with Gasteiger partial charge in [-0.15, -0.1) is 10.2 Å². The van der Waals surface area contributed by atoms with E-state index in [-0.39, 0.29) is 11.8 Å². The number of nitrogens with one attached hydrogen (secondary N) is 1. The van der Waals surface area contributed by atoms with Crippen LogP contribution in [0, 0.1) is 6.92 Å². The molecule has 1 saturated heterocycles. The van der Waals surface area contributed by atoms with E-state index in [2.05, 4.69) is 25.4 Å². The second kappa shape index (κ2) is 6.74. The molecule has 4 heterocycles. The molecule has 9 nitrogen and oxygen atoms in total. The Kier molecular flexibility index (Phi) is 4.27. The number of aryl methyl sites for hydroxylation is 1. The molecule has 1 N–H and O–H groups in total. The van der Waals surface area contributed by atoms with Gasteiger partial charge in [-0.25, -0.2) is 4.98 Å². The van der Waals surface area contributed by atoms with E-state index in [1.807, 2.05) is 34.2 Å². The molecule has 3 aromatic heterocycles. The number of rotatable bonds is 4. The van der Waals surface area contributed by atoms with Crippen LogP contribution < -0.4 is 0 Å². The summed E-state index contributed by atoms with van der Waals surface area (Å²) in [6.07, 6.45) is 7.37. The summed E-state index contributed by atoms with van der Waals surface area (Å²) in [5, 5.41) is 15.7. The highest BCUT2D eigenvalue weighted by molar-refractivity contribution is 5.92. The first-order valence-corrected chi connectivity index (χ1v) is 8.77. The molecule has 1 unspecified atom stereocenters. The van der Waals surface area contributed by atoms with Gasteiger partial charge < -0.3 is 14.0 Å². The van der Waals surface area contributed by atoms with Gasteiger partial charge >= 0.3 is 0 Å². The number of imidazole rings is 1. The summed E-state index contributed by atoms with van der Waals surface area (Å²) >= 11 is 0. The van der Waals surface area contributed by atoms with Crippen LogP contribution in [0.1, 0.15) is 46.6 Å². The molecule has 3 aromatic rings. The van der Waals surface area contributed by atoms with E-state index < -0.39 is 0 Å². The minimum absolute atomic E-state index is 0.0279. The van der Waals surface area contributed by atoms with Gasteiger partial charge in [0.15, 0.2) is 5.82 Å². The molecule has 1 fully saturated rings. The van der Waals surface area contributed by atoms with Gasteiger partial charge in [0.25, 0.3) is 5.91 Å². The number of amides is 1. The number of nitrogens with zero attached hydrogens (tertiary/aromatic N) is 7. The average Bonchev–Trinajstić information content (AvgIpc) is 3.38. The first-order chi connectivity index (χ1) is 12.6. The van der Waals surface area contributed by atoms with E-state index in [9.17, 15) is 4.79 Å². The van der Waals surface area contributed by atoms with E-state index in [0.717, 1.165) is 36.7 Å². The topological polar surface area (TPSA) is 97.5 Å². The smallest absolute Gasteiger partial charge is 0.274 e. The standard InChI is InChI=1S/C17H22N8O/c1-12-8-14(20-19-12)17(26)25-6-3-4-13(9-25)16-22-21-15(23(16)2)10-24-7-5-18-11-24/h5,7-8,11,13H,3-4,6,9-10H2,1-2H3,(H,19,20). The molecule has 0 saturated carbocycles. The fourth-order valence-electron chi connectivity index (χ4n) is 3.47. The van der Waals surface area contributed by atoms with Gasteiger partial charge in [0.05, 0.1) is 12.9 Å². The number of hydrogen-bond acceptors (Lipinski definition) is 5. The SMILES string of the molecule is Cc1cc(C(=O)N2CCCC(c3nnc(Cn4ccnc4)n3C)C2)n[nH]1. The zero-order valence-corrected chi connectivity index (χ0v) is 15.0. The van der Waals surface area contributed by atoms with Crippen LogP contribution in [0.25, 0.3) is 0 Å². The summed E-state index contributed by atoms with van der Waals surface area (Å²) in [6.45, 7) is 3.92. The molecule has 0 aromatic carbocycles. The second-order valence-corrected chi connectivity index (χ2v) is 6.79. The fraction of sp³-hybridized carbons (Fsp3) is 0.471. The van der Waals surface area contributed by atoms with Crippen molar-refractivity contribution in [3.05, 3.63) is 47.8 Å². The number of likely N-dealkylation sites (tertiary alicyclic amines) is 1. The fourth-order valence-corrected chi connectivity index (χ4v) is 3.47.